The highest BCUT2D eigenvalue weighted by molar-refractivity contribution is 6.01. The number of rotatable bonds is 6. The lowest BCUT2D eigenvalue weighted by Gasteiger charge is -2.11. The maximum atomic E-state index is 12.6. The lowest BCUT2D eigenvalue weighted by Crippen LogP contribution is -2.23. The Kier molecular flexibility index (Phi) is 5.09. The number of amides is 2. The van der Waals surface area contributed by atoms with Crippen LogP contribution >= 0.6 is 0 Å². The standard InChI is InChI=1S/C24H19N5O3/c30-21(25-17-11-13-19(14-12-17)32-18-9-5-2-6-10-18)15-20-23(31)27-24-26-22(28-29(20)24)16-7-3-1-4-8-16/h1-14,20H,15H2,(H,25,30)(H,26,27,28,31). The summed E-state index contributed by atoms with van der Waals surface area (Å²) in [7, 11) is 0. The Labute approximate surface area is 183 Å². The van der Waals surface area contributed by atoms with Crippen molar-refractivity contribution in [2.75, 3.05) is 10.6 Å². The van der Waals surface area contributed by atoms with Crippen LogP contribution in [0.2, 0.25) is 0 Å². The number of carbonyl (C=O) groups excluding carboxylic acids is 2. The number of anilines is 2. The number of fused-ring (bicyclic) bond motifs is 1. The Balaban J connectivity index is 1.24. The monoisotopic (exact) mass is 425 g/mol. The van der Waals surface area contributed by atoms with E-state index in [2.05, 4.69) is 20.7 Å². The molecule has 158 valence electrons. The molecule has 32 heavy (non-hydrogen) atoms. The molecule has 8 nitrogen and oxygen atoms in total. The maximum Gasteiger partial charge on any atom is 0.252 e. The summed E-state index contributed by atoms with van der Waals surface area (Å²) in [5.74, 6) is 1.63. The van der Waals surface area contributed by atoms with Gasteiger partial charge in [0.2, 0.25) is 11.9 Å². The SMILES string of the molecule is O=C(CC1C(=O)Nc2nc(-c3ccccc3)nn21)Nc1ccc(Oc2ccccc2)cc1. The van der Waals surface area contributed by atoms with Crippen molar-refractivity contribution >= 4 is 23.5 Å². The lowest BCUT2D eigenvalue weighted by molar-refractivity contribution is -0.123. The van der Waals surface area contributed by atoms with E-state index >= 15 is 0 Å². The van der Waals surface area contributed by atoms with E-state index in [-0.39, 0.29) is 18.2 Å². The average molecular weight is 425 g/mol. The van der Waals surface area contributed by atoms with Gasteiger partial charge in [0.25, 0.3) is 5.91 Å². The van der Waals surface area contributed by atoms with Crippen molar-refractivity contribution in [3.05, 3.63) is 84.9 Å². The van der Waals surface area contributed by atoms with Crippen molar-refractivity contribution in [3.8, 4) is 22.9 Å². The van der Waals surface area contributed by atoms with Gasteiger partial charge < -0.3 is 10.1 Å². The summed E-state index contributed by atoms with van der Waals surface area (Å²) >= 11 is 0. The highest BCUT2D eigenvalue weighted by Gasteiger charge is 2.35. The van der Waals surface area contributed by atoms with E-state index in [4.69, 9.17) is 4.74 Å². The minimum atomic E-state index is -0.754. The topological polar surface area (TPSA) is 98.1 Å². The van der Waals surface area contributed by atoms with Crippen LogP contribution in [-0.2, 0) is 9.59 Å². The maximum absolute atomic E-state index is 12.6. The fourth-order valence-electron chi connectivity index (χ4n) is 3.44. The molecule has 2 amide bonds. The third-order valence-electron chi connectivity index (χ3n) is 4.99. The molecule has 1 atom stereocenters. The van der Waals surface area contributed by atoms with Crippen LogP contribution in [0.3, 0.4) is 0 Å². The van der Waals surface area contributed by atoms with Crippen molar-refractivity contribution in [1.82, 2.24) is 14.8 Å². The first-order valence-corrected chi connectivity index (χ1v) is 10.1. The van der Waals surface area contributed by atoms with Gasteiger partial charge in [0, 0.05) is 11.3 Å². The van der Waals surface area contributed by atoms with E-state index < -0.39 is 6.04 Å². The Morgan fingerprint density at radius 3 is 2.31 bits per heavy atom. The quantitative estimate of drug-likeness (QED) is 0.481. The second kappa shape index (κ2) is 8.35. The van der Waals surface area contributed by atoms with Gasteiger partial charge in [-0.3, -0.25) is 14.9 Å². The largest absolute Gasteiger partial charge is 0.457 e. The first-order valence-electron chi connectivity index (χ1n) is 10.1. The van der Waals surface area contributed by atoms with Gasteiger partial charge >= 0.3 is 0 Å². The smallest absolute Gasteiger partial charge is 0.252 e. The summed E-state index contributed by atoms with van der Waals surface area (Å²) < 4.78 is 7.23. The van der Waals surface area contributed by atoms with Gasteiger partial charge in [-0.1, -0.05) is 48.5 Å². The second-order valence-corrected chi connectivity index (χ2v) is 7.27. The molecular weight excluding hydrogens is 406 g/mol. The van der Waals surface area contributed by atoms with E-state index in [1.54, 1.807) is 24.3 Å². The molecule has 1 aliphatic heterocycles. The van der Waals surface area contributed by atoms with Crippen molar-refractivity contribution in [3.63, 3.8) is 0 Å². The van der Waals surface area contributed by atoms with E-state index in [0.29, 0.717) is 23.2 Å². The number of nitrogens with one attached hydrogen (secondary N) is 2. The van der Waals surface area contributed by atoms with Gasteiger partial charge in [0.15, 0.2) is 5.82 Å². The molecule has 8 heteroatoms. The number of carbonyl (C=O) groups is 2. The third-order valence-corrected chi connectivity index (χ3v) is 4.99. The number of aromatic nitrogens is 3. The zero-order valence-electron chi connectivity index (χ0n) is 16.9. The van der Waals surface area contributed by atoms with Crippen LogP contribution in [0.4, 0.5) is 11.6 Å². The Morgan fingerprint density at radius 2 is 1.59 bits per heavy atom. The van der Waals surface area contributed by atoms with Crippen molar-refractivity contribution in [1.29, 1.82) is 0 Å². The molecule has 0 fully saturated rings. The molecular formula is C24H19N5O3. The molecule has 0 aliphatic carbocycles. The molecule has 0 spiro atoms. The van der Waals surface area contributed by atoms with Crippen LogP contribution in [0, 0.1) is 0 Å². The molecule has 1 unspecified atom stereocenters. The molecule has 0 bridgehead atoms. The van der Waals surface area contributed by atoms with Gasteiger partial charge in [-0.15, -0.1) is 5.10 Å². The number of ether oxygens (including phenoxy) is 1. The summed E-state index contributed by atoms with van der Waals surface area (Å²) in [5.41, 5.74) is 1.45. The van der Waals surface area contributed by atoms with Crippen molar-refractivity contribution in [2.45, 2.75) is 12.5 Å². The molecule has 0 saturated heterocycles. The molecule has 2 N–H and O–H groups in total. The highest BCUT2D eigenvalue weighted by Crippen LogP contribution is 2.29. The van der Waals surface area contributed by atoms with Gasteiger partial charge in [0.05, 0.1) is 6.42 Å². The first kappa shape index (κ1) is 19.5. The third kappa shape index (κ3) is 4.06. The van der Waals surface area contributed by atoms with Crippen LogP contribution in [0.5, 0.6) is 11.5 Å². The fourth-order valence-corrected chi connectivity index (χ4v) is 3.44. The van der Waals surface area contributed by atoms with E-state index in [1.807, 2.05) is 60.7 Å². The normalized spacial score (nSPS) is 14.5. The second-order valence-electron chi connectivity index (χ2n) is 7.27. The zero-order chi connectivity index (χ0) is 21.9. The lowest BCUT2D eigenvalue weighted by atomic mass is 10.2. The number of hydrogen-bond acceptors (Lipinski definition) is 5. The molecule has 0 radical (unpaired) electrons. The fraction of sp³-hybridized carbons (Fsp3) is 0.0833. The number of hydrogen-bond donors (Lipinski definition) is 2. The zero-order valence-corrected chi connectivity index (χ0v) is 16.9. The molecule has 2 heterocycles. The minimum Gasteiger partial charge on any atom is -0.457 e. The van der Waals surface area contributed by atoms with E-state index in [9.17, 15) is 9.59 Å². The minimum absolute atomic E-state index is 0.0569. The van der Waals surface area contributed by atoms with Crippen LogP contribution in [0.15, 0.2) is 84.9 Å². The number of para-hydroxylation sites is 1. The summed E-state index contributed by atoms with van der Waals surface area (Å²) in [6.07, 6.45) is -0.0569. The predicted molar refractivity (Wildman–Crippen MR) is 119 cm³/mol. The van der Waals surface area contributed by atoms with Crippen LogP contribution in [0.1, 0.15) is 12.5 Å². The van der Waals surface area contributed by atoms with Gasteiger partial charge in [-0.05, 0) is 36.4 Å². The Hall–Kier alpha value is -4.46. The van der Waals surface area contributed by atoms with Crippen LogP contribution < -0.4 is 15.4 Å². The summed E-state index contributed by atoms with van der Waals surface area (Å²) in [4.78, 5) is 29.3. The van der Waals surface area contributed by atoms with Gasteiger partial charge in [0.1, 0.15) is 17.5 Å². The molecule has 5 rings (SSSR count). The summed E-state index contributed by atoms with van der Waals surface area (Å²) in [5, 5.41) is 9.94. The van der Waals surface area contributed by atoms with Gasteiger partial charge in [-0.2, -0.15) is 4.98 Å². The first-order chi connectivity index (χ1) is 15.7. The van der Waals surface area contributed by atoms with Crippen molar-refractivity contribution in [2.24, 2.45) is 0 Å². The highest BCUT2D eigenvalue weighted by atomic mass is 16.5. The molecule has 3 aromatic carbocycles. The predicted octanol–water partition coefficient (Wildman–Crippen LogP) is 4.26. The molecule has 4 aromatic rings. The molecule has 1 aliphatic rings. The van der Waals surface area contributed by atoms with Crippen LogP contribution in [0.25, 0.3) is 11.4 Å². The summed E-state index contributed by atoms with van der Waals surface area (Å²) in [6.45, 7) is 0. The van der Waals surface area contributed by atoms with Gasteiger partial charge in [-0.25, -0.2) is 4.68 Å². The van der Waals surface area contributed by atoms with Crippen LogP contribution in [-0.4, -0.2) is 26.6 Å². The molecule has 1 aromatic heterocycles. The average Bonchev–Trinajstić information content (AvgIpc) is 3.35. The Bertz CT molecular complexity index is 1250. The summed E-state index contributed by atoms with van der Waals surface area (Å²) in [6, 6.07) is 25.2. The Morgan fingerprint density at radius 1 is 0.938 bits per heavy atom. The number of nitrogens with zero attached hydrogens (tertiary/aromatic N) is 3. The molecule has 0 saturated carbocycles. The van der Waals surface area contributed by atoms with Crippen molar-refractivity contribution < 1.29 is 14.3 Å². The van der Waals surface area contributed by atoms with E-state index in [0.717, 1.165) is 11.3 Å². The van der Waals surface area contributed by atoms with E-state index in [1.165, 1.54) is 4.68 Å². The number of benzene rings is 3.